The number of rotatable bonds is 12. The van der Waals surface area contributed by atoms with Crippen LogP contribution in [0.3, 0.4) is 0 Å². The minimum atomic E-state index is -1.07. The zero-order chi connectivity index (χ0) is 29.3. The number of alkyl carbamates (subject to hydrolysis) is 1. The quantitative estimate of drug-likeness (QED) is 0.208. The van der Waals surface area contributed by atoms with E-state index in [-0.39, 0.29) is 37.9 Å². The van der Waals surface area contributed by atoms with Gasteiger partial charge in [0.05, 0.1) is 6.61 Å². The second-order valence-electron chi connectivity index (χ2n) is 10.4. The van der Waals surface area contributed by atoms with Crippen LogP contribution in [-0.2, 0) is 19.1 Å². The van der Waals surface area contributed by atoms with Gasteiger partial charge in [-0.2, -0.15) is 0 Å². The number of esters is 1. The molecular formula is C35H34N2O5. The summed E-state index contributed by atoms with van der Waals surface area (Å²) in [4.78, 5) is 37.5. The molecule has 0 unspecified atom stereocenters. The van der Waals surface area contributed by atoms with E-state index in [1.165, 1.54) is 0 Å². The molecule has 42 heavy (non-hydrogen) atoms. The average Bonchev–Trinajstić information content (AvgIpc) is 3.34. The molecule has 1 aliphatic carbocycles. The van der Waals surface area contributed by atoms with Crippen LogP contribution in [0.4, 0.5) is 4.79 Å². The maximum atomic E-state index is 13.1. The van der Waals surface area contributed by atoms with Gasteiger partial charge >= 0.3 is 12.1 Å². The Morgan fingerprint density at radius 3 is 1.76 bits per heavy atom. The zero-order valence-corrected chi connectivity index (χ0v) is 23.3. The highest BCUT2D eigenvalue weighted by Crippen LogP contribution is 2.44. The Balaban J connectivity index is 1.20. The van der Waals surface area contributed by atoms with E-state index in [1.807, 2.05) is 97.1 Å². The first kappa shape index (κ1) is 28.6. The second kappa shape index (κ2) is 13.6. The van der Waals surface area contributed by atoms with E-state index in [0.29, 0.717) is 6.42 Å². The lowest BCUT2D eigenvalue weighted by molar-refractivity contribution is -0.146. The molecule has 1 aliphatic rings. The molecule has 7 nitrogen and oxygen atoms in total. The highest BCUT2D eigenvalue weighted by molar-refractivity contribution is 5.83. The lowest BCUT2D eigenvalue weighted by atomic mass is 9.89. The van der Waals surface area contributed by atoms with E-state index in [0.717, 1.165) is 33.4 Å². The van der Waals surface area contributed by atoms with E-state index >= 15 is 0 Å². The first-order valence-electron chi connectivity index (χ1n) is 14.2. The summed E-state index contributed by atoms with van der Waals surface area (Å²) in [5.41, 5.74) is 12.0. The summed E-state index contributed by atoms with van der Waals surface area (Å²) in [6.07, 6.45) is -0.276. The highest BCUT2D eigenvalue weighted by atomic mass is 16.6. The number of hydrogen-bond donors (Lipinski definition) is 2. The first-order valence-corrected chi connectivity index (χ1v) is 14.2. The summed E-state index contributed by atoms with van der Waals surface area (Å²) >= 11 is 0. The molecule has 7 heteroatoms. The normalized spacial score (nSPS) is 12.7. The van der Waals surface area contributed by atoms with Gasteiger partial charge in [0.1, 0.15) is 12.6 Å². The molecule has 0 spiro atoms. The van der Waals surface area contributed by atoms with Crippen molar-refractivity contribution in [2.45, 2.75) is 37.1 Å². The smallest absolute Gasteiger partial charge is 0.407 e. The van der Waals surface area contributed by atoms with Crippen LogP contribution in [0.5, 0.6) is 0 Å². The minimum absolute atomic E-state index is 0.0131. The maximum absolute atomic E-state index is 13.1. The van der Waals surface area contributed by atoms with Crippen LogP contribution < -0.4 is 11.1 Å². The van der Waals surface area contributed by atoms with Crippen molar-refractivity contribution >= 4 is 18.0 Å². The fourth-order valence-electron chi connectivity index (χ4n) is 5.59. The minimum Gasteiger partial charge on any atom is -0.464 e. The fraction of sp³-hybridized carbons (Fsp3) is 0.229. The zero-order valence-electron chi connectivity index (χ0n) is 23.3. The molecule has 0 bridgehead atoms. The highest BCUT2D eigenvalue weighted by Gasteiger charge is 2.30. The van der Waals surface area contributed by atoms with Crippen LogP contribution >= 0.6 is 0 Å². The predicted octanol–water partition coefficient (Wildman–Crippen LogP) is 5.92. The monoisotopic (exact) mass is 562 g/mol. The van der Waals surface area contributed by atoms with Gasteiger partial charge in [0.25, 0.3) is 0 Å². The Morgan fingerprint density at radius 2 is 1.21 bits per heavy atom. The van der Waals surface area contributed by atoms with Gasteiger partial charge in [-0.15, -0.1) is 0 Å². The molecule has 0 fully saturated rings. The second-order valence-corrected chi connectivity index (χ2v) is 10.4. The largest absolute Gasteiger partial charge is 0.464 e. The van der Waals surface area contributed by atoms with E-state index < -0.39 is 24.0 Å². The summed E-state index contributed by atoms with van der Waals surface area (Å²) in [5, 5.41) is 2.60. The molecule has 4 aromatic rings. The number of nitrogens with two attached hydrogens (primary N) is 1. The van der Waals surface area contributed by atoms with Gasteiger partial charge in [-0.3, -0.25) is 4.79 Å². The van der Waals surface area contributed by atoms with Crippen molar-refractivity contribution in [2.24, 2.45) is 5.73 Å². The van der Waals surface area contributed by atoms with E-state index in [4.69, 9.17) is 15.2 Å². The van der Waals surface area contributed by atoms with Gasteiger partial charge in [-0.1, -0.05) is 109 Å². The van der Waals surface area contributed by atoms with Gasteiger partial charge < -0.3 is 20.5 Å². The Bertz CT molecular complexity index is 1440. The van der Waals surface area contributed by atoms with E-state index in [9.17, 15) is 14.4 Å². The number of benzene rings is 4. The topological polar surface area (TPSA) is 108 Å². The van der Waals surface area contributed by atoms with Gasteiger partial charge in [0.15, 0.2) is 0 Å². The molecule has 5 rings (SSSR count). The molecule has 0 saturated carbocycles. The lowest BCUT2D eigenvalue weighted by Gasteiger charge is -2.21. The third kappa shape index (κ3) is 6.86. The molecule has 2 amide bonds. The average molecular weight is 563 g/mol. The lowest BCUT2D eigenvalue weighted by Crippen LogP contribution is -2.43. The summed E-state index contributed by atoms with van der Waals surface area (Å²) in [6, 6.07) is 35.1. The summed E-state index contributed by atoms with van der Waals surface area (Å²) in [7, 11) is 0. The number of carbonyl (C=O) groups is 3. The maximum Gasteiger partial charge on any atom is 0.407 e. The molecule has 0 radical (unpaired) electrons. The fourth-order valence-corrected chi connectivity index (χ4v) is 5.59. The molecule has 3 N–H and O–H groups in total. The van der Waals surface area contributed by atoms with Crippen molar-refractivity contribution < 1.29 is 23.9 Å². The summed E-state index contributed by atoms with van der Waals surface area (Å²) in [6.45, 7) is 0.236. The van der Waals surface area contributed by atoms with E-state index in [2.05, 4.69) is 17.4 Å². The van der Waals surface area contributed by atoms with Gasteiger partial charge in [0, 0.05) is 18.3 Å². The SMILES string of the molecule is NC(=O)CC[C@H](NC(=O)OCC1c2ccccc2-c2ccccc21)C(=O)OCCC(c1ccccc1)c1ccccc1. The van der Waals surface area contributed by atoms with Gasteiger partial charge in [-0.25, -0.2) is 9.59 Å². The molecule has 0 saturated heterocycles. The van der Waals surface area contributed by atoms with Crippen molar-refractivity contribution in [1.82, 2.24) is 5.32 Å². The predicted molar refractivity (Wildman–Crippen MR) is 161 cm³/mol. The Kier molecular flexibility index (Phi) is 9.29. The molecule has 214 valence electrons. The number of ether oxygens (including phenoxy) is 2. The number of hydrogen-bond acceptors (Lipinski definition) is 5. The van der Waals surface area contributed by atoms with Gasteiger partial charge in [0.2, 0.25) is 5.91 Å². The molecule has 4 aromatic carbocycles. The molecule has 1 atom stereocenters. The van der Waals surface area contributed by atoms with Crippen LogP contribution in [0.1, 0.15) is 53.4 Å². The van der Waals surface area contributed by atoms with Crippen molar-refractivity contribution in [3.05, 3.63) is 131 Å². The van der Waals surface area contributed by atoms with Crippen molar-refractivity contribution in [1.29, 1.82) is 0 Å². The Labute approximate surface area is 245 Å². The summed E-state index contributed by atoms with van der Waals surface area (Å²) < 4.78 is 11.2. The van der Waals surface area contributed by atoms with Crippen molar-refractivity contribution in [3.63, 3.8) is 0 Å². The Morgan fingerprint density at radius 1 is 0.690 bits per heavy atom. The summed E-state index contributed by atoms with van der Waals surface area (Å²) in [5.74, 6) is -1.30. The number of fused-ring (bicyclic) bond motifs is 3. The van der Waals surface area contributed by atoms with Crippen molar-refractivity contribution in [2.75, 3.05) is 13.2 Å². The first-order chi connectivity index (χ1) is 20.5. The van der Waals surface area contributed by atoms with Crippen LogP contribution in [-0.4, -0.2) is 37.2 Å². The molecule has 0 aliphatic heterocycles. The molecule has 0 heterocycles. The third-order valence-corrected chi connectivity index (χ3v) is 7.65. The van der Waals surface area contributed by atoms with Crippen LogP contribution in [0.25, 0.3) is 11.1 Å². The Hall–Kier alpha value is -4.91. The van der Waals surface area contributed by atoms with Crippen molar-refractivity contribution in [3.8, 4) is 11.1 Å². The van der Waals surface area contributed by atoms with Crippen LogP contribution in [0.15, 0.2) is 109 Å². The third-order valence-electron chi connectivity index (χ3n) is 7.65. The number of nitrogens with one attached hydrogen (secondary N) is 1. The van der Waals surface area contributed by atoms with Crippen LogP contribution in [0, 0.1) is 0 Å². The molecular weight excluding hydrogens is 528 g/mol. The standard InChI is InChI=1S/C35H34N2O5/c36-33(38)20-19-32(34(39)41-22-21-26(24-11-3-1-4-12-24)25-13-5-2-6-14-25)37-35(40)42-23-31-29-17-9-7-15-27(29)28-16-8-10-18-30(28)31/h1-18,26,31-32H,19-23H2,(H2,36,38)(H,37,40)/t32-/m0/s1. The van der Waals surface area contributed by atoms with Crippen LogP contribution in [0.2, 0.25) is 0 Å². The van der Waals surface area contributed by atoms with E-state index in [1.54, 1.807) is 0 Å². The van der Waals surface area contributed by atoms with Gasteiger partial charge in [-0.05, 0) is 46.2 Å². The number of amides is 2. The number of primary amides is 1. The molecule has 0 aromatic heterocycles. The number of carbonyl (C=O) groups excluding carboxylic acids is 3.